The zero-order valence-electron chi connectivity index (χ0n) is 37.5. The highest BCUT2D eigenvalue weighted by atomic mass is 35.5. The Balaban J connectivity index is 0.000000894. The van der Waals surface area contributed by atoms with Crippen LogP contribution in [-0.4, -0.2) is 119 Å². The number of piperidine rings is 2. The Labute approximate surface area is 393 Å². The van der Waals surface area contributed by atoms with E-state index in [2.05, 4.69) is 25.7 Å². The maximum Gasteiger partial charge on any atom is 0.328 e. The largest absolute Gasteiger partial charge is 0.385 e. The number of alkyl halides is 2. The van der Waals surface area contributed by atoms with Crippen LogP contribution in [0.2, 0.25) is 5.02 Å². The minimum Gasteiger partial charge on any atom is -0.385 e. The summed E-state index contributed by atoms with van der Waals surface area (Å²) in [5.41, 5.74) is 8.46. The van der Waals surface area contributed by atoms with Crippen LogP contribution in [-0.2, 0) is 22.5 Å². The molecule has 0 radical (unpaired) electrons. The number of methoxy groups -OCH3 is 1. The van der Waals surface area contributed by atoms with Gasteiger partial charge in [0.2, 0.25) is 5.91 Å². The molecule has 4 fully saturated rings. The minimum atomic E-state index is -3.08. The third-order valence-corrected chi connectivity index (χ3v) is 14.3. The molecule has 0 unspecified atom stereocenters. The smallest absolute Gasteiger partial charge is 0.328 e. The van der Waals surface area contributed by atoms with Gasteiger partial charge in [-0.2, -0.15) is 0 Å². The monoisotopic (exact) mass is 959 g/mol. The third kappa shape index (κ3) is 8.80. The van der Waals surface area contributed by atoms with Gasteiger partial charge < -0.3 is 25.6 Å². The molecular weight excluding hydrogens is 910 g/mol. The molecule has 5 amide bonds. The van der Waals surface area contributed by atoms with Gasteiger partial charge in [0, 0.05) is 87.8 Å². The highest BCUT2D eigenvalue weighted by Crippen LogP contribution is 2.51. The first kappa shape index (κ1) is 46.7. The van der Waals surface area contributed by atoms with E-state index in [-0.39, 0.29) is 73.8 Å². The molecular formula is C47H50ClF4N11O5. The van der Waals surface area contributed by atoms with Crippen molar-refractivity contribution in [3.63, 3.8) is 0 Å². The highest BCUT2D eigenvalue weighted by molar-refractivity contribution is 6.34. The molecule has 1 spiro atoms. The number of likely N-dealkylation sites (tertiary alicyclic amines) is 2. The number of primary amides is 1. The number of nitrogens with zero attached hydrogens (tertiary/aromatic N) is 8. The number of ether oxygens (including phenoxy) is 1. The molecule has 5 aliphatic rings. The van der Waals surface area contributed by atoms with Crippen molar-refractivity contribution in [1.82, 2.24) is 34.7 Å². The number of aromatic nitrogens is 4. The van der Waals surface area contributed by atoms with Crippen LogP contribution in [0.15, 0.2) is 54.9 Å². The number of hydrogen-bond donors (Lipinski definition) is 3. The summed E-state index contributed by atoms with van der Waals surface area (Å²) >= 11 is 6.16. The second-order valence-electron chi connectivity index (χ2n) is 17.9. The molecule has 358 valence electrons. The van der Waals surface area contributed by atoms with Crippen LogP contribution in [0.1, 0.15) is 76.9 Å². The van der Waals surface area contributed by atoms with E-state index in [0.717, 1.165) is 16.5 Å². The van der Waals surface area contributed by atoms with E-state index >= 15 is 13.2 Å². The van der Waals surface area contributed by atoms with Crippen LogP contribution < -0.4 is 26.2 Å². The number of hydrogen-bond acceptors (Lipinski definition) is 11. The topological polar surface area (TPSA) is 184 Å². The molecule has 5 aromatic rings. The summed E-state index contributed by atoms with van der Waals surface area (Å²) in [6.45, 7) is 0.600. The SMILES string of the molecule is CNc1cc(N2CCc3c(-c4ccc(CN5CCC6(CCN(C(=O)c7cc(F)c(Cl)c(N8CCC(=O)NC8=O)c7)CC6)C(F)(F)C5)cn4)cc(F)cc32)nn2c(C(N)=O)cnc12.COC1CCC1. The van der Waals surface area contributed by atoms with Crippen molar-refractivity contribution in [3.8, 4) is 11.3 Å². The van der Waals surface area contributed by atoms with Gasteiger partial charge in [-0.25, -0.2) is 31.9 Å². The fourth-order valence-electron chi connectivity index (χ4n) is 9.76. The molecule has 1 aliphatic carbocycles. The Morgan fingerprint density at radius 1 is 0.941 bits per heavy atom. The molecule has 3 aromatic heterocycles. The lowest BCUT2D eigenvalue weighted by Crippen LogP contribution is -2.59. The van der Waals surface area contributed by atoms with Gasteiger partial charge in [-0.1, -0.05) is 17.7 Å². The Morgan fingerprint density at radius 3 is 2.32 bits per heavy atom. The van der Waals surface area contributed by atoms with E-state index < -0.39 is 53.3 Å². The van der Waals surface area contributed by atoms with E-state index in [1.54, 1.807) is 43.5 Å². The minimum absolute atomic E-state index is 0.0309. The molecule has 4 N–H and O–H groups in total. The average Bonchev–Trinajstić information content (AvgIpc) is 3.93. The summed E-state index contributed by atoms with van der Waals surface area (Å²) in [5.74, 6) is -5.79. The lowest BCUT2D eigenvalue weighted by Gasteiger charge is -2.51. The van der Waals surface area contributed by atoms with Crippen molar-refractivity contribution >= 4 is 63.9 Å². The summed E-state index contributed by atoms with van der Waals surface area (Å²) < 4.78 is 68.9. The molecule has 3 saturated heterocycles. The normalized spacial score (nSPS) is 19.1. The number of imidazole rings is 1. The van der Waals surface area contributed by atoms with Crippen LogP contribution in [0.4, 0.5) is 45.2 Å². The van der Waals surface area contributed by atoms with Gasteiger partial charge in [0.1, 0.15) is 22.4 Å². The second-order valence-corrected chi connectivity index (χ2v) is 18.3. The van der Waals surface area contributed by atoms with Crippen molar-refractivity contribution in [2.24, 2.45) is 11.1 Å². The fourth-order valence-corrected chi connectivity index (χ4v) is 9.97. The summed E-state index contributed by atoms with van der Waals surface area (Å²) in [4.78, 5) is 64.7. The van der Waals surface area contributed by atoms with E-state index in [1.165, 1.54) is 53.1 Å². The number of halogens is 5. The van der Waals surface area contributed by atoms with Gasteiger partial charge in [-0.15, -0.1) is 5.10 Å². The molecule has 4 aliphatic heterocycles. The number of carbonyl (C=O) groups is 4. The summed E-state index contributed by atoms with van der Waals surface area (Å²) in [6.07, 6.45) is 8.34. The van der Waals surface area contributed by atoms with Crippen molar-refractivity contribution in [3.05, 3.63) is 93.9 Å². The Morgan fingerprint density at radius 2 is 1.69 bits per heavy atom. The molecule has 16 nitrogen and oxygen atoms in total. The second kappa shape index (κ2) is 18.6. The molecule has 21 heteroatoms. The number of nitrogens with one attached hydrogen (secondary N) is 2. The number of amides is 5. The number of pyridine rings is 1. The standard InChI is InChI=1S/C42H40ClF4N11O4.C5H10O/c1-49-30-18-34(53-58-33(37(48)60)20-51-38(30)58)56-9-4-26-27(16-25(44)17-31(26)56)29-3-2-23(19-50-29)21-54-11-6-41(42(46,47)22-54)7-12-55(13-8-41)39(61)24-14-28(45)36(43)32(15-24)57-10-5-35(59)52-40(57)62;1-6-5-3-2-4-5/h2-3,14-20,49H,4-13,21-22H2,1H3,(H2,48,60)(H,52,59,62);5H,2-4H2,1H3. The van der Waals surface area contributed by atoms with Gasteiger partial charge in [0.05, 0.1) is 35.9 Å². The third-order valence-electron chi connectivity index (χ3n) is 13.9. The Bertz CT molecular complexity index is 2800. The Hall–Kier alpha value is -6.38. The number of benzene rings is 2. The van der Waals surface area contributed by atoms with Crippen LogP contribution in [0.3, 0.4) is 0 Å². The van der Waals surface area contributed by atoms with Gasteiger partial charge in [-0.3, -0.25) is 34.5 Å². The summed E-state index contributed by atoms with van der Waals surface area (Å²) in [5, 5.41) is 9.45. The van der Waals surface area contributed by atoms with Crippen molar-refractivity contribution in [1.29, 1.82) is 0 Å². The first-order chi connectivity index (χ1) is 32.6. The number of fused-ring (bicyclic) bond motifs is 2. The molecule has 10 rings (SSSR count). The van der Waals surface area contributed by atoms with E-state index in [1.807, 2.05) is 4.90 Å². The highest BCUT2D eigenvalue weighted by Gasteiger charge is 2.57. The van der Waals surface area contributed by atoms with Crippen LogP contribution in [0.25, 0.3) is 16.9 Å². The lowest BCUT2D eigenvalue weighted by atomic mass is 9.68. The van der Waals surface area contributed by atoms with E-state index in [0.29, 0.717) is 65.3 Å². The van der Waals surface area contributed by atoms with Crippen LogP contribution in [0.5, 0.6) is 0 Å². The van der Waals surface area contributed by atoms with E-state index in [4.69, 9.17) is 22.1 Å². The van der Waals surface area contributed by atoms with Crippen molar-refractivity contribution in [2.75, 3.05) is 68.5 Å². The number of nitrogens with two attached hydrogens (primary N) is 1. The number of urea groups is 1. The maximum atomic E-state index is 16.2. The molecule has 0 bridgehead atoms. The maximum absolute atomic E-state index is 16.2. The molecule has 7 heterocycles. The predicted molar refractivity (Wildman–Crippen MR) is 245 cm³/mol. The number of anilines is 4. The fraction of sp³-hybridized carbons (Fsp3) is 0.426. The molecule has 1 saturated carbocycles. The first-order valence-electron chi connectivity index (χ1n) is 22.5. The van der Waals surface area contributed by atoms with Gasteiger partial charge in [0.15, 0.2) is 11.5 Å². The quantitative estimate of drug-likeness (QED) is 0.130. The number of imide groups is 1. The van der Waals surface area contributed by atoms with Gasteiger partial charge in [-0.05, 0) is 92.9 Å². The Kier molecular flexibility index (Phi) is 12.8. The zero-order chi connectivity index (χ0) is 48.1. The van der Waals surface area contributed by atoms with Gasteiger partial charge >= 0.3 is 6.03 Å². The summed E-state index contributed by atoms with van der Waals surface area (Å²) in [6, 6.07) is 9.64. The predicted octanol–water partition coefficient (Wildman–Crippen LogP) is 6.95. The van der Waals surface area contributed by atoms with E-state index in [9.17, 15) is 23.6 Å². The van der Waals surface area contributed by atoms with Crippen molar-refractivity contribution < 1.29 is 41.5 Å². The van der Waals surface area contributed by atoms with Crippen LogP contribution >= 0.6 is 11.6 Å². The summed E-state index contributed by atoms with van der Waals surface area (Å²) in [7, 11) is 3.49. The number of carbonyl (C=O) groups excluding carboxylic acids is 4. The molecule has 0 atom stereocenters. The zero-order valence-corrected chi connectivity index (χ0v) is 38.2. The average molecular weight is 960 g/mol. The van der Waals surface area contributed by atoms with Gasteiger partial charge in [0.25, 0.3) is 17.7 Å². The molecule has 2 aromatic carbocycles. The lowest BCUT2D eigenvalue weighted by molar-refractivity contribution is -0.186. The number of rotatable bonds is 9. The molecule has 68 heavy (non-hydrogen) atoms. The van der Waals surface area contributed by atoms with Crippen molar-refractivity contribution in [2.45, 2.75) is 69.9 Å². The van der Waals surface area contributed by atoms with Crippen LogP contribution in [0, 0.1) is 17.0 Å². The first-order valence-corrected chi connectivity index (χ1v) is 22.9.